The number of phenols is 3. The lowest BCUT2D eigenvalue weighted by atomic mass is 10.0. The summed E-state index contributed by atoms with van der Waals surface area (Å²) in [6.07, 6.45) is 0.376. The Morgan fingerprint density at radius 1 is 1.08 bits per heavy atom. The van der Waals surface area contributed by atoms with Gasteiger partial charge in [-0.15, -0.1) is 0 Å². The van der Waals surface area contributed by atoms with Crippen molar-refractivity contribution >= 4 is 11.0 Å². The first kappa shape index (κ1) is 15.7. The van der Waals surface area contributed by atoms with Crippen LogP contribution in [-0.2, 0) is 6.42 Å². The molecule has 0 atom stereocenters. The van der Waals surface area contributed by atoms with Crippen LogP contribution in [0.3, 0.4) is 0 Å². The fourth-order valence-corrected chi connectivity index (χ4v) is 2.69. The summed E-state index contributed by atoms with van der Waals surface area (Å²) in [7, 11) is 1.30. The number of phenolic OH excluding ortho intramolecular Hbond substituents is 3. The number of benzene rings is 2. The fraction of sp³-hybridized carbons (Fsp3) is 0.167. The van der Waals surface area contributed by atoms with Crippen LogP contribution < -0.4 is 10.2 Å². The number of hydrogen-bond donors (Lipinski definition) is 3. The summed E-state index contributed by atoms with van der Waals surface area (Å²) in [6, 6.07) is 7.42. The van der Waals surface area contributed by atoms with E-state index in [1.54, 1.807) is 19.1 Å². The standard InChI is InChI=1S/C18H16O6/c1-3-11-15(21)18(23-2)16(22)14-12(20)8-13(24-17(11)14)9-4-6-10(19)7-5-9/h4-8,19,21-22H,3H2,1-2H3. The first-order chi connectivity index (χ1) is 11.5. The van der Waals surface area contributed by atoms with Crippen LogP contribution >= 0.6 is 0 Å². The van der Waals surface area contributed by atoms with E-state index in [9.17, 15) is 20.1 Å². The quantitative estimate of drug-likeness (QED) is 0.683. The van der Waals surface area contributed by atoms with Crippen molar-refractivity contribution in [2.75, 3.05) is 7.11 Å². The molecule has 0 amide bonds. The predicted molar refractivity (Wildman–Crippen MR) is 88.8 cm³/mol. The maximum absolute atomic E-state index is 12.5. The molecule has 0 unspecified atom stereocenters. The van der Waals surface area contributed by atoms with Gasteiger partial charge in [0, 0.05) is 17.2 Å². The third kappa shape index (κ3) is 2.32. The van der Waals surface area contributed by atoms with Crippen LogP contribution in [0.5, 0.6) is 23.0 Å². The average molecular weight is 328 g/mol. The van der Waals surface area contributed by atoms with Gasteiger partial charge in [-0.3, -0.25) is 4.79 Å². The van der Waals surface area contributed by atoms with E-state index in [2.05, 4.69) is 0 Å². The van der Waals surface area contributed by atoms with Gasteiger partial charge in [0.1, 0.15) is 22.5 Å². The Morgan fingerprint density at radius 2 is 1.75 bits per heavy atom. The SMILES string of the molecule is CCc1c(O)c(OC)c(O)c2c(=O)cc(-c3ccc(O)cc3)oc12. The van der Waals surface area contributed by atoms with Crippen LogP contribution in [0, 0.1) is 0 Å². The van der Waals surface area contributed by atoms with E-state index in [1.807, 2.05) is 0 Å². The van der Waals surface area contributed by atoms with Crippen LogP contribution in [0.2, 0.25) is 0 Å². The summed E-state index contributed by atoms with van der Waals surface area (Å²) >= 11 is 0. The summed E-state index contributed by atoms with van der Waals surface area (Å²) in [5.74, 6) is -0.490. The maximum atomic E-state index is 12.5. The maximum Gasteiger partial charge on any atom is 0.204 e. The molecule has 0 saturated heterocycles. The van der Waals surface area contributed by atoms with Gasteiger partial charge in [-0.25, -0.2) is 0 Å². The highest BCUT2D eigenvalue weighted by Gasteiger charge is 2.23. The van der Waals surface area contributed by atoms with E-state index >= 15 is 0 Å². The van der Waals surface area contributed by atoms with Gasteiger partial charge in [-0.2, -0.15) is 0 Å². The lowest BCUT2D eigenvalue weighted by Gasteiger charge is -2.13. The van der Waals surface area contributed by atoms with Gasteiger partial charge in [0.15, 0.2) is 16.9 Å². The molecular weight excluding hydrogens is 312 g/mol. The molecule has 0 aliphatic rings. The lowest BCUT2D eigenvalue weighted by molar-refractivity contribution is 0.344. The molecule has 124 valence electrons. The minimum atomic E-state index is -0.454. The number of fused-ring (bicyclic) bond motifs is 1. The Kier molecular flexibility index (Phi) is 3.81. The summed E-state index contributed by atoms with van der Waals surface area (Å²) in [5, 5.41) is 29.9. The van der Waals surface area contributed by atoms with Crippen molar-refractivity contribution in [3.63, 3.8) is 0 Å². The molecule has 0 aliphatic carbocycles. The summed E-state index contributed by atoms with van der Waals surface area (Å²) in [4.78, 5) is 12.5. The minimum Gasteiger partial charge on any atom is -0.508 e. The number of aromatic hydroxyl groups is 3. The van der Waals surface area contributed by atoms with Crippen molar-refractivity contribution < 1.29 is 24.5 Å². The number of ether oxygens (including phenoxy) is 1. The van der Waals surface area contributed by atoms with Gasteiger partial charge in [0.25, 0.3) is 0 Å². The Hall–Kier alpha value is -3.15. The highest BCUT2D eigenvalue weighted by molar-refractivity contribution is 5.92. The van der Waals surface area contributed by atoms with Gasteiger partial charge in [0.05, 0.1) is 7.11 Å². The first-order valence-corrected chi connectivity index (χ1v) is 7.35. The van der Waals surface area contributed by atoms with E-state index in [-0.39, 0.29) is 34.0 Å². The lowest BCUT2D eigenvalue weighted by Crippen LogP contribution is -2.04. The molecule has 0 aliphatic heterocycles. The molecular formula is C18H16O6. The van der Waals surface area contributed by atoms with Crippen molar-refractivity contribution in [2.24, 2.45) is 0 Å². The van der Waals surface area contributed by atoms with Gasteiger partial charge in [-0.05, 0) is 30.7 Å². The van der Waals surface area contributed by atoms with E-state index < -0.39 is 11.2 Å². The highest BCUT2D eigenvalue weighted by Crippen LogP contribution is 2.45. The van der Waals surface area contributed by atoms with Crippen LogP contribution in [-0.4, -0.2) is 22.4 Å². The number of rotatable bonds is 3. The molecule has 6 heteroatoms. The molecule has 1 heterocycles. The van der Waals surface area contributed by atoms with Crippen molar-refractivity contribution in [1.29, 1.82) is 0 Å². The van der Waals surface area contributed by atoms with Crippen LogP contribution in [0.1, 0.15) is 12.5 Å². The second-order valence-electron chi connectivity index (χ2n) is 5.29. The summed E-state index contributed by atoms with van der Waals surface area (Å²) in [6.45, 7) is 1.79. The van der Waals surface area contributed by atoms with Crippen molar-refractivity contribution in [3.05, 3.63) is 46.1 Å². The first-order valence-electron chi connectivity index (χ1n) is 7.35. The number of hydrogen-bond acceptors (Lipinski definition) is 6. The Labute approximate surface area is 137 Å². The Morgan fingerprint density at radius 3 is 2.33 bits per heavy atom. The monoisotopic (exact) mass is 328 g/mol. The second-order valence-corrected chi connectivity index (χ2v) is 5.29. The van der Waals surface area contributed by atoms with Gasteiger partial charge in [0.2, 0.25) is 5.75 Å². The molecule has 0 bridgehead atoms. The van der Waals surface area contributed by atoms with Gasteiger partial charge >= 0.3 is 0 Å². The zero-order chi connectivity index (χ0) is 17.4. The zero-order valence-electron chi connectivity index (χ0n) is 13.2. The van der Waals surface area contributed by atoms with E-state index in [4.69, 9.17) is 9.15 Å². The molecule has 0 saturated carbocycles. The van der Waals surface area contributed by atoms with Crippen LogP contribution in [0.25, 0.3) is 22.3 Å². The van der Waals surface area contributed by atoms with E-state index in [1.165, 1.54) is 25.3 Å². The molecule has 3 rings (SSSR count). The Balaban J connectivity index is 2.39. The van der Waals surface area contributed by atoms with E-state index in [0.29, 0.717) is 17.5 Å². The third-order valence-electron chi connectivity index (χ3n) is 3.88. The number of aryl methyl sites for hydroxylation is 1. The fourth-order valence-electron chi connectivity index (χ4n) is 2.69. The molecule has 0 fully saturated rings. The van der Waals surface area contributed by atoms with Gasteiger partial charge in [-0.1, -0.05) is 6.92 Å². The zero-order valence-corrected chi connectivity index (χ0v) is 13.2. The van der Waals surface area contributed by atoms with Crippen molar-refractivity contribution in [3.8, 4) is 34.3 Å². The van der Waals surface area contributed by atoms with Crippen molar-refractivity contribution in [2.45, 2.75) is 13.3 Å². The Bertz CT molecular complexity index is 970. The third-order valence-corrected chi connectivity index (χ3v) is 3.88. The van der Waals surface area contributed by atoms with E-state index in [0.717, 1.165) is 0 Å². The summed E-state index contributed by atoms with van der Waals surface area (Å²) < 4.78 is 10.8. The second kappa shape index (κ2) is 5.81. The van der Waals surface area contributed by atoms with Gasteiger partial charge < -0.3 is 24.5 Å². The molecule has 2 aromatic carbocycles. The normalized spacial score (nSPS) is 10.9. The molecule has 24 heavy (non-hydrogen) atoms. The van der Waals surface area contributed by atoms with Crippen molar-refractivity contribution in [1.82, 2.24) is 0 Å². The molecule has 6 nitrogen and oxygen atoms in total. The predicted octanol–water partition coefficient (Wildman–Crippen LogP) is 3.15. The highest BCUT2D eigenvalue weighted by atomic mass is 16.5. The number of methoxy groups -OCH3 is 1. The average Bonchev–Trinajstić information content (AvgIpc) is 2.55. The van der Waals surface area contributed by atoms with Crippen LogP contribution in [0.4, 0.5) is 0 Å². The molecule has 3 aromatic rings. The molecule has 0 radical (unpaired) electrons. The largest absolute Gasteiger partial charge is 0.508 e. The minimum absolute atomic E-state index is 0.0379. The van der Waals surface area contributed by atoms with Crippen LogP contribution in [0.15, 0.2) is 39.5 Å². The topological polar surface area (TPSA) is 100 Å². The smallest absolute Gasteiger partial charge is 0.204 e. The molecule has 3 N–H and O–H groups in total. The molecule has 1 aromatic heterocycles. The summed E-state index contributed by atoms with van der Waals surface area (Å²) in [5.41, 5.74) is 0.620. The molecule has 0 spiro atoms.